The Labute approximate surface area is 153 Å². The number of benzene rings is 1. The molecule has 1 aromatic heterocycles. The monoisotopic (exact) mass is 349 g/mol. The number of urea groups is 1. The second-order valence-electron chi connectivity index (χ2n) is 6.02. The lowest BCUT2D eigenvalue weighted by molar-refractivity contribution is 0.193. The smallest absolute Gasteiger partial charge is 0.318 e. The van der Waals surface area contributed by atoms with Gasteiger partial charge in [0.05, 0.1) is 24.5 Å². The van der Waals surface area contributed by atoms with Crippen LogP contribution in [0.1, 0.15) is 18.2 Å². The van der Waals surface area contributed by atoms with Gasteiger partial charge in [0.15, 0.2) is 0 Å². The van der Waals surface area contributed by atoms with Crippen LogP contribution in [0, 0.1) is 0 Å². The maximum atomic E-state index is 12.6. The van der Waals surface area contributed by atoms with Gasteiger partial charge in [-0.3, -0.25) is 10.1 Å². The fraction of sp³-hybridized carbons (Fsp3) is 0.250. The van der Waals surface area contributed by atoms with Crippen LogP contribution in [0.4, 0.5) is 4.79 Å². The first-order valence-corrected chi connectivity index (χ1v) is 8.67. The van der Waals surface area contributed by atoms with Gasteiger partial charge in [0.1, 0.15) is 0 Å². The quantitative estimate of drug-likeness (QED) is 0.813. The maximum Gasteiger partial charge on any atom is 0.318 e. The van der Waals surface area contributed by atoms with Crippen LogP contribution in [0.3, 0.4) is 0 Å². The summed E-state index contributed by atoms with van der Waals surface area (Å²) in [5.74, 6) is 0. The summed E-state index contributed by atoms with van der Waals surface area (Å²) < 4.78 is 0. The molecule has 1 aliphatic heterocycles. The number of allylic oxidation sites excluding steroid dienone is 2. The van der Waals surface area contributed by atoms with Crippen molar-refractivity contribution in [2.75, 3.05) is 13.1 Å². The van der Waals surface area contributed by atoms with Gasteiger partial charge in [-0.15, -0.1) is 0 Å². The molecule has 6 nitrogen and oxygen atoms in total. The fourth-order valence-corrected chi connectivity index (χ4v) is 2.95. The van der Waals surface area contributed by atoms with E-state index in [9.17, 15) is 4.79 Å². The first kappa shape index (κ1) is 17.7. The van der Waals surface area contributed by atoms with Crippen molar-refractivity contribution in [2.45, 2.75) is 19.9 Å². The lowest BCUT2D eigenvalue weighted by Gasteiger charge is -2.27. The molecule has 134 valence electrons. The van der Waals surface area contributed by atoms with Crippen LogP contribution in [0.25, 0.3) is 11.3 Å². The molecule has 0 fully saturated rings. The van der Waals surface area contributed by atoms with Gasteiger partial charge >= 0.3 is 6.03 Å². The highest BCUT2D eigenvalue weighted by molar-refractivity contribution is 5.76. The second kappa shape index (κ2) is 8.29. The number of nitrogens with zero attached hydrogens (tertiary/aromatic N) is 3. The molecule has 0 saturated carbocycles. The summed E-state index contributed by atoms with van der Waals surface area (Å²) >= 11 is 0. The number of hydrogen-bond donors (Lipinski definition) is 2. The SMILES string of the molecule is C=CC=N/C(=C\C)CNC(=O)N1CCc2[nH]nc(-c3ccccc3)c2C1. The Morgan fingerprint density at radius 3 is 2.96 bits per heavy atom. The Morgan fingerprint density at radius 2 is 2.23 bits per heavy atom. The molecule has 2 aromatic rings. The Balaban J connectivity index is 1.68. The van der Waals surface area contributed by atoms with E-state index in [2.05, 4.69) is 27.1 Å². The number of nitrogens with one attached hydrogen (secondary N) is 2. The molecule has 1 aromatic carbocycles. The average Bonchev–Trinajstić information content (AvgIpc) is 3.12. The van der Waals surface area contributed by atoms with Crippen LogP contribution in [0.15, 0.2) is 59.8 Å². The van der Waals surface area contributed by atoms with E-state index in [4.69, 9.17) is 0 Å². The molecule has 0 unspecified atom stereocenters. The summed E-state index contributed by atoms with van der Waals surface area (Å²) in [5, 5.41) is 10.5. The summed E-state index contributed by atoms with van der Waals surface area (Å²) in [7, 11) is 0. The van der Waals surface area contributed by atoms with Crippen LogP contribution in [-0.2, 0) is 13.0 Å². The Bertz CT molecular complexity index is 835. The zero-order valence-electron chi connectivity index (χ0n) is 14.9. The lowest BCUT2D eigenvalue weighted by atomic mass is 10.0. The Kier molecular flexibility index (Phi) is 5.63. The topological polar surface area (TPSA) is 73.4 Å². The van der Waals surface area contributed by atoms with Gasteiger partial charge in [-0.1, -0.05) is 49.1 Å². The van der Waals surface area contributed by atoms with Crippen LogP contribution < -0.4 is 5.32 Å². The number of carbonyl (C=O) groups is 1. The standard InChI is InChI=1S/C20H23N5O/c1-3-11-21-16(4-2)13-22-20(26)25-12-10-18-17(14-25)19(24-23-18)15-8-6-5-7-9-15/h3-9,11H,1,10,12-14H2,2H3,(H,22,26)(H,23,24)/b16-4-,21-11?. The zero-order chi connectivity index (χ0) is 18.4. The molecule has 1 aliphatic rings. The highest BCUT2D eigenvalue weighted by atomic mass is 16.2. The van der Waals surface area contributed by atoms with Crippen molar-refractivity contribution >= 4 is 12.2 Å². The zero-order valence-corrected chi connectivity index (χ0v) is 14.9. The molecule has 6 heteroatoms. The highest BCUT2D eigenvalue weighted by Crippen LogP contribution is 2.28. The molecule has 0 spiro atoms. The predicted octanol–water partition coefficient (Wildman–Crippen LogP) is 3.31. The lowest BCUT2D eigenvalue weighted by Crippen LogP contribution is -2.43. The van der Waals surface area contributed by atoms with Gasteiger partial charge in [-0.05, 0) is 6.92 Å². The van der Waals surface area contributed by atoms with Crippen LogP contribution in [0.5, 0.6) is 0 Å². The van der Waals surface area contributed by atoms with Gasteiger partial charge in [0.25, 0.3) is 0 Å². The Hall–Kier alpha value is -3.15. The number of hydrogen-bond acceptors (Lipinski definition) is 3. The summed E-state index contributed by atoms with van der Waals surface area (Å²) in [5.41, 5.74) is 4.97. The number of carbonyl (C=O) groups excluding carboxylic acids is 1. The third-order valence-electron chi connectivity index (χ3n) is 4.37. The molecule has 2 amide bonds. The number of rotatable bonds is 5. The second-order valence-corrected chi connectivity index (χ2v) is 6.02. The maximum absolute atomic E-state index is 12.6. The van der Waals surface area contributed by atoms with Gasteiger partial charge < -0.3 is 10.2 Å². The number of fused-ring (bicyclic) bond motifs is 1. The summed E-state index contributed by atoms with van der Waals surface area (Å²) in [6.07, 6.45) is 5.87. The largest absolute Gasteiger partial charge is 0.332 e. The van der Waals surface area contributed by atoms with Crippen LogP contribution in [0.2, 0.25) is 0 Å². The van der Waals surface area contributed by atoms with Crippen LogP contribution in [-0.4, -0.2) is 40.4 Å². The first-order valence-electron chi connectivity index (χ1n) is 8.67. The summed E-state index contributed by atoms with van der Waals surface area (Å²) in [6, 6.07) is 9.94. The van der Waals surface area contributed by atoms with Gasteiger partial charge in [-0.2, -0.15) is 5.10 Å². The third-order valence-corrected chi connectivity index (χ3v) is 4.37. The summed E-state index contributed by atoms with van der Waals surface area (Å²) in [6.45, 7) is 7.10. The number of amides is 2. The normalized spacial score (nSPS) is 14.3. The molecule has 2 heterocycles. The van der Waals surface area contributed by atoms with E-state index in [1.807, 2.05) is 48.2 Å². The molecule has 0 bridgehead atoms. The number of H-pyrrole nitrogens is 1. The predicted molar refractivity (Wildman–Crippen MR) is 104 cm³/mol. The van der Waals surface area contributed by atoms with Crippen molar-refractivity contribution < 1.29 is 4.79 Å². The van der Waals surface area contributed by atoms with Crippen molar-refractivity contribution in [3.63, 3.8) is 0 Å². The van der Waals surface area contributed by atoms with E-state index in [0.717, 1.165) is 34.6 Å². The Morgan fingerprint density at radius 1 is 1.42 bits per heavy atom. The molecule has 3 rings (SSSR count). The van der Waals surface area contributed by atoms with Crippen molar-refractivity contribution in [1.82, 2.24) is 20.4 Å². The fourth-order valence-electron chi connectivity index (χ4n) is 2.95. The average molecular weight is 349 g/mol. The molecule has 0 aliphatic carbocycles. The minimum atomic E-state index is -0.0935. The van der Waals surface area contributed by atoms with Gasteiger partial charge in [0.2, 0.25) is 0 Å². The van der Waals surface area contributed by atoms with Gasteiger partial charge in [0, 0.05) is 36.0 Å². The molecule has 0 radical (unpaired) electrons. The number of aromatic amines is 1. The van der Waals surface area contributed by atoms with Gasteiger partial charge in [-0.25, -0.2) is 4.79 Å². The van der Waals surface area contributed by atoms with E-state index in [1.54, 1.807) is 12.3 Å². The number of aliphatic imine (C=N–C) groups is 1. The van der Waals surface area contributed by atoms with Crippen molar-refractivity contribution in [3.8, 4) is 11.3 Å². The molecule has 26 heavy (non-hydrogen) atoms. The van der Waals surface area contributed by atoms with Crippen molar-refractivity contribution in [1.29, 1.82) is 0 Å². The summed E-state index contributed by atoms with van der Waals surface area (Å²) in [4.78, 5) is 18.6. The highest BCUT2D eigenvalue weighted by Gasteiger charge is 2.25. The van der Waals surface area contributed by atoms with E-state index in [-0.39, 0.29) is 6.03 Å². The van der Waals surface area contributed by atoms with E-state index in [0.29, 0.717) is 19.6 Å². The minimum absolute atomic E-state index is 0.0935. The molecule has 0 atom stereocenters. The van der Waals surface area contributed by atoms with Crippen molar-refractivity contribution in [3.05, 3.63) is 66.0 Å². The molecule has 0 saturated heterocycles. The van der Waals surface area contributed by atoms with E-state index in [1.165, 1.54) is 0 Å². The third kappa shape index (κ3) is 3.91. The number of aromatic nitrogens is 2. The molecular formula is C20H23N5O. The van der Waals surface area contributed by atoms with Crippen LogP contribution >= 0.6 is 0 Å². The molecule has 2 N–H and O–H groups in total. The minimum Gasteiger partial charge on any atom is -0.332 e. The first-order chi connectivity index (χ1) is 12.7. The van der Waals surface area contributed by atoms with E-state index >= 15 is 0 Å². The van der Waals surface area contributed by atoms with Crippen molar-refractivity contribution in [2.24, 2.45) is 4.99 Å². The molecular weight excluding hydrogens is 326 g/mol. The van der Waals surface area contributed by atoms with E-state index < -0.39 is 0 Å².